The van der Waals surface area contributed by atoms with Crippen molar-refractivity contribution in [1.82, 2.24) is 20.4 Å². The number of nitrogens with zero attached hydrogens (tertiary/aromatic N) is 2. The summed E-state index contributed by atoms with van der Waals surface area (Å²) in [5, 5.41) is 6.24. The second kappa shape index (κ2) is 5.26. The van der Waals surface area contributed by atoms with Gasteiger partial charge in [0.05, 0.1) is 0 Å². The molecule has 0 atom stereocenters. The van der Waals surface area contributed by atoms with Gasteiger partial charge in [0.1, 0.15) is 5.56 Å². The molecule has 2 aromatic rings. The number of carbonyl (C=O) groups excluding carboxylic acids is 1. The van der Waals surface area contributed by atoms with Gasteiger partial charge < -0.3 is 14.8 Å². The van der Waals surface area contributed by atoms with Crippen LogP contribution in [-0.2, 0) is 6.42 Å². The van der Waals surface area contributed by atoms with Gasteiger partial charge in [-0.1, -0.05) is 5.16 Å². The molecule has 0 bridgehead atoms. The van der Waals surface area contributed by atoms with Gasteiger partial charge in [-0.05, 0) is 6.92 Å². The lowest BCUT2D eigenvalue weighted by atomic mass is 10.2. The molecule has 0 saturated heterocycles. The van der Waals surface area contributed by atoms with Crippen molar-refractivity contribution in [2.24, 2.45) is 0 Å². The minimum Gasteiger partial charge on any atom is -0.367 e. The molecular formula is C11H12N4O3. The molecule has 0 spiro atoms. The van der Waals surface area contributed by atoms with Crippen LogP contribution in [0.5, 0.6) is 0 Å². The highest BCUT2D eigenvalue weighted by Gasteiger charge is 2.09. The van der Waals surface area contributed by atoms with Gasteiger partial charge in [-0.25, -0.2) is 0 Å². The maximum Gasteiger partial charge on any atom is 0.256 e. The molecule has 2 aromatic heterocycles. The van der Waals surface area contributed by atoms with Crippen LogP contribution in [0.2, 0.25) is 0 Å². The summed E-state index contributed by atoms with van der Waals surface area (Å²) in [6.07, 6.45) is 3.27. The fourth-order valence-electron chi connectivity index (χ4n) is 1.41. The monoisotopic (exact) mass is 248 g/mol. The Morgan fingerprint density at radius 2 is 2.39 bits per heavy atom. The molecule has 0 aliphatic carbocycles. The first-order valence-electron chi connectivity index (χ1n) is 5.41. The first-order chi connectivity index (χ1) is 8.66. The van der Waals surface area contributed by atoms with Crippen LogP contribution in [0.1, 0.15) is 22.1 Å². The highest BCUT2D eigenvalue weighted by Crippen LogP contribution is 1.96. The van der Waals surface area contributed by atoms with Crippen LogP contribution in [0.3, 0.4) is 0 Å². The van der Waals surface area contributed by atoms with Crippen LogP contribution in [-0.4, -0.2) is 27.6 Å². The number of carbonyl (C=O) groups is 1. The van der Waals surface area contributed by atoms with E-state index in [0.29, 0.717) is 24.7 Å². The van der Waals surface area contributed by atoms with Crippen molar-refractivity contribution in [3.63, 3.8) is 0 Å². The Kier molecular flexibility index (Phi) is 3.52. The molecule has 2 N–H and O–H groups in total. The average Bonchev–Trinajstić information content (AvgIpc) is 2.75. The summed E-state index contributed by atoms with van der Waals surface area (Å²) in [5.41, 5.74) is -0.237. The third-order valence-electron chi connectivity index (χ3n) is 2.26. The fraction of sp³-hybridized carbons (Fsp3) is 0.273. The summed E-state index contributed by atoms with van der Waals surface area (Å²) in [7, 11) is 0. The zero-order chi connectivity index (χ0) is 13.0. The molecule has 18 heavy (non-hydrogen) atoms. The summed E-state index contributed by atoms with van der Waals surface area (Å²) in [4.78, 5) is 29.7. The van der Waals surface area contributed by atoms with Crippen LogP contribution in [0.15, 0.2) is 27.8 Å². The zero-order valence-corrected chi connectivity index (χ0v) is 9.77. The molecular weight excluding hydrogens is 236 g/mol. The van der Waals surface area contributed by atoms with Gasteiger partial charge in [0.2, 0.25) is 5.89 Å². The Morgan fingerprint density at radius 1 is 1.56 bits per heavy atom. The number of hydrogen-bond acceptors (Lipinski definition) is 5. The molecule has 2 rings (SSSR count). The van der Waals surface area contributed by atoms with E-state index in [9.17, 15) is 9.59 Å². The molecule has 1 amide bonds. The van der Waals surface area contributed by atoms with Gasteiger partial charge in [0.15, 0.2) is 11.3 Å². The first-order valence-corrected chi connectivity index (χ1v) is 5.41. The van der Waals surface area contributed by atoms with E-state index in [1.807, 2.05) is 0 Å². The Morgan fingerprint density at radius 3 is 3.06 bits per heavy atom. The van der Waals surface area contributed by atoms with Crippen molar-refractivity contribution in [2.45, 2.75) is 13.3 Å². The molecule has 0 aliphatic heterocycles. The van der Waals surface area contributed by atoms with Crippen LogP contribution in [0.4, 0.5) is 0 Å². The molecule has 0 aliphatic rings. The average molecular weight is 248 g/mol. The summed E-state index contributed by atoms with van der Waals surface area (Å²) in [5.74, 6) is 0.582. The topological polar surface area (TPSA) is 101 Å². The van der Waals surface area contributed by atoms with Gasteiger partial charge in [-0.2, -0.15) is 4.98 Å². The lowest BCUT2D eigenvalue weighted by Gasteiger charge is -2.01. The number of aromatic nitrogens is 3. The number of pyridine rings is 1. The van der Waals surface area contributed by atoms with E-state index >= 15 is 0 Å². The summed E-state index contributed by atoms with van der Waals surface area (Å²) >= 11 is 0. The first kappa shape index (κ1) is 12.0. The number of rotatable bonds is 4. The molecule has 94 valence electrons. The summed E-state index contributed by atoms with van der Waals surface area (Å²) in [6, 6.07) is 1.30. The fourth-order valence-corrected chi connectivity index (χ4v) is 1.41. The zero-order valence-electron chi connectivity index (χ0n) is 9.77. The van der Waals surface area contributed by atoms with E-state index in [4.69, 9.17) is 4.52 Å². The smallest absolute Gasteiger partial charge is 0.256 e. The highest BCUT2D eigenvalue weighted by atomic mass is 16.5. The van der Waals surface area contributed by atoms with Gasteiger partial charge in [0.25, 0.3) is 5.91 Å². The van der Waals surface area contributed by atoms with Crippen LogP contribution >= 0.6 is 0 Å². The summed E-state index contributed by atoms with van der Waals surface area (Å²) in [6.45, 7) is 2.05. The van der Waals surface area contributed by atoms with E-state index in [0.717, 1.165) is 0 Å². The van der Waals surface area contributed by atoms with Crippen molar-refractivity contribution in [3.8, 4) is 0 Å². The lowest BCUT2D eigenvalue weighted by Crippen LogP contribution is -2.30. The second-order valence-corrected chi connectivity index (χ2v) is 3.66. The highest BCUT2D eigenvalue weighted by molar-refractivity contribution is 5.93. The molecule has 7 heteroatoms. The number of aryl methyl sites for hydroxylation is 1. The number of aromatic amines is 1. The molecule has 0 unspecified atom stereocenters. The molecule has 2 heterocycles. The number of hydrogen-bond donors (Lipinski definition) is 2. The van der Waals surface area contributed by atoms with Crippen molar-refractivity contribution in [1.29, 1.82) is 0 Å². The van der Waals surface area contributed by atoms with E-state index < -0.39 is 5.91 Å². The minimum atomic E-state index is -0.423. The van der Waals surface area contributed by atoms with E-state index in [-0.39, 0.29) is 11.0 Å². The normalized spacial score (nSPS) is 10.3. The SMILES string of the molecule is Cc1noc(CCNC(=O)c2c[nH]ccc2=O)n1. The maximum absolute atomic E-state index is 11.7. The van der Waals surface area contributed by atoms with E-state index in [1.165, 1.54) is 18.5 Å². The van der Waals surface area contributed by atoms with Gasteiger partial charge in [-0.15, -0.1) is 0 Å². The molecule has 0 aromatic carbocycles. The van der Waals surface area contributed by atoms with Crippen LogP contribution < -0.4 is 10.7 Å². The van der Waals surface area contributed by atoms with Crippen molar-refractivity contribution >= 4 is 5.91 Å². The van der Waals surface area contributed by atoms with Crippen LogP contribution in [0, 0.1) is 6.92 Å². The van der Waals surface area contributed by atoms with Crippen LogP contribution in [0.25, 0.3) is 0 Å². The Balaban J connectivity index is 1.89. The lowest BCUT2D eigenvalue weighted by molar-refractivity contribution is 0.0952. The van der Waals surface area contributed by atoms with E-state index in [2.05, 4.69) is 20.4 Å². The summed E-state index contributed by atoms with van der Waals surface area (Å²) < 4.78 is 4.90. The quantitative estimate of drug-likeness (QED) is 0.795. The predicted octanol–water partition coefficient (Wildman–Crippen LogP) is 0.0388. The predicted molar refractivity (Wildman–Crippen MR) is 62.1 cm³/mol. The van der Waals surface area contributed by atoms with Gasteiger partial charge in [-0.3, -0.25) is 9.59 Å². The maximum atomic E-state index is 11.7. The number of nitrogens with one attached hydrogen (secondary N) is 2. The molecule has 0 fully saturated rings. The van der Waals surface area contributed by atoms with Gasteiger partial charge >= 0.3 is 0 Å². The third-order valence-corrected chi connectivity index (χ3v) is 2.26. The van der Waals surface area contributed by atoms with Crippen molar-refractivity contribution in [3.05, 3.63) is 46.0 Å². The molecule has 7 nitrogen and oxygen atoms in total. The Labute approximate surface area is 102 Å². The number of amides is 1. The molecule has 0 saturated carbocycles. The van der Waals surface area contributed by atoms with Crippen molar-refractivity contribution < 1.29 is 9.32 Å². The van der Waals surface area contributed by atoms with Gasteiger partial charge in [0, 0.05) is 31.4 Å². The molecule has 0 radical (unpaired) electrons. The Hall–Kier alpha value is -2.44. The standard InChI is InChI=1S/C11H12N4O3/c1-7-14-10(18-15-7)3-5-13-11(17)8-6-12-4-2-9(8)16/h2,4,6H,3,5H2,1H3,(H,12,16)(H,13,17). The largest absolute Gasteiger partial charge is 0.367 e. The van der Waals surface area contributed by atoms with Crippen molar-refractivity contribution in [2.75, 3.05) is 6.54 Å². The number of H-pyrrole nitrogens is 1. The third kappa shape index (κ3) is 2.82. The Bertz CT molecular complexity index is 602. The minimum absolute atomic E-state index is 0.0826. The second-order valence-electron chi connectivity index (χ2n) is 3.66. The van der Waals surface area contributed by atoms with E-state index in [1.54, 1.807) is 6.92 Å².